The minimum Gasteiger partial charge on any atom is -0.468 e. The highest BCUT2D eigenvalue weighted by Gasteiger charge is 2.09. The summed E-state index contributed by atoms with van der Waals surface area (Å²) in [6.45, 7) is 0. The van der Waals surface area contributed by atoms with Crippen LogP contribution in [0.15, 0.2) is 8.42 Å². The Morgan fingerprint density at radius 2 is 2.14 bits per heavy atom. The van der Waals surface area contributed by atoms with Crippen molar-refractivity contribution in [3.05, 3.63) is 3.14 Å². The third-order valence-electron chi connectivity index (χ3n) is 1.25. The van der Waals surface area contributed by atoms with E-state index in [9.17, 15) is 4.79 Å². The summed E-state index contributed by atoms with van der Waals surface area (Å²) in [6.07, 6.45) is 2.01. The molecule has 0 bridgehead atoms. The van der Waals surface area contributed by atoms with Crippen molar-refractivity contribution >= 4 is 64.4 Å². The van der Waals surface area contributed by atoms with Crippen LogP contribution in [0.4, 0.5) is 0 Å². The van der Waals surface area contributed by atoms with Gasteiger partial charge in [-0.3, -0.25) is 4.79 Å². The largest absolute Gasteiger partial charge is 0.468 e. The lowest BCUT2D eigenvalue weighted by Crippen LogP contribution is -2.02. The standard InChI is InChI=1S/C7H8O2S5/c1-9-4(8)3-12-6-5(11-2)13-7(10)14-6/h3H2,1-2H3. The number of carbonyl (C=O) groups is 1. The first kappa shape index (κ1) is 12.5. The maximum atomic E-state index is 10.9. The average molecular weight is 284 g/mol. The quantitative estimate of drug-likeness (QED) is 0.479. The van der Waals surface area contributed by atoms with Crippen LogP contribution >= 0.6 is 58.4 Å². The van der Waals surface area contributed by atoms with Crippen molar-refractivity contribution in [2.24, 2.45) is 0 Å². The van der Waals surface area contributed by atoms with Gasteiger partial charge in [0.1, 0.15) is 3.14 Å². The van der Waals surface area contributed by atoms with Crippen LogP contribution in [0.1, 0.15) is 0 Å². The Hall–Kier alpha value is 0.440. The molecule has 78 valence electrons. The van der Waals surface area contributed by atoms with Crippen molar-refractivity contribution in [2.75, 3.05) is 19.1 Å². The van der Waals surface area contributed by atoms with Gasteiger partial charge in [0.2, 0.25) is 0 Å². The lowest BCUT2D eigenvalue weighted by atomic mass is 10.8. The first-order chi connectivity index (χ1) is 6.67. The molecule has 0 aliphatic rings. The van der Waals surface area contributed by atoms with E-state index in [1.54, 1.807) is 34.4 Å². The van der Waals surface area contributed by atoms with Gasteiger partial charge in [-0.05, 0) is 6.26 Å². The van der Waals surface area contributed by atoms with Crippen molar-refractivity contribution in [1.29, 1.82) is 0 Å². The highest BCUT2D eigenvalue weighted by molar-refractivity contribution is 8.05. The van der Waals surface area contributed by atoms with Gasteiger partial charge < -0.3 is 4.74 Å². The molecule has 1 heterocycles. The molecular weight excluding hydrogens is 276 g/mol. The topological polar surface area (TPSA) is 26.3 Å². The summed E-state index contributed by atoms with van der Waals surface area (Å²) < 4.78 is 7.78. The summed E-state index contributed by atoms with van der Waals surface area (Å²) in [4.78, 5) is 10.9. The predicted octanol–water partition coefficient (Wildman–Crippen LogP) is 3.53. The second-order valence-corrected chi connectivity index (χ2v) is 7.64. The van der Waals surface area contributed by atoms with Gasteiger partial charge in [0, 0.05) is 0 Å². The number of rotatable bonds is 4. The van der Waals surface area contributed by atoms with Crippen molar-refractivity contribution in [3.63, 3.8) is 0 Å². The minimum absolute atomic E-state index is 0.202. The smallest absolute Gasteiger partial charge is 0.316 e. The average Bonchev–Trinajstić information content (AvgIpc) is 2.55. The number of hydrogen-bond donors (Lipinski definition) is 0. The zero-order valence-electron chi connectivity index (χ0n) is 7.56. The molecule has 0 unspecified atom stereocenters. The fraction of sp³-hybridized carbons (Fsp3) is 0.429. The van der Waals surface area contributed by atoms with Crippen LogP contribution in [-0.2, 0) is 9.53 Å². The maximum absolute atomic E-state index is 10.9. The molecule has 0 atom stereocenters. The Kier molecular flexibility index (Phi) is 5.47. The summed E-state index contributed by atoms with van der Waals surface area (Å²) in [6, 6.07) is 0. The second kappa shape index (κ2) is 6.12. The number of esters is 1. The van der Waals surface area contributed by atoms with Crippen LogP contribution in [0, 0.1) is 3.14 Å². The van der Waals surface area contributed by atoms with E-state index in [0.717, 1.165) is 7.35 Å². The van der Waals surface area contributed by atoms with Crippen LogP contribution in [0.2, 0.25) is 0 Å². The molecule has 0 aromatic carbocycles. The molecule has 14 heavy (non-hydrogen) atoms. The number of hydrogen-bond acceptors (Lipinski definition) is 7. The zero-order valence-corrected chi connectivity index (χ0v) is 11.6. The summed E-state index contributed by atoms with van der Waals surface area (Å²) in [5.74, 6) is 0.151. The van der Waals surface area contributed by atoms with E-state index in [-0.39, 0.29) is 5.97 Å². The summed E-state index contributed by atoms with van der Waals surface area (Å²) >= 11 is 11.4. The Morgan fingerprint density at radius 1 is 1.50 bits per heavy atom. The molecule has 1 aromatic rings. The van der Waals surface area contributed by atoms with Gasteiger partial charge in [0.15, 0.2) is 0 Å². The SMILES string of the molecule is COC(=O)CSc1sc(=S)sc1SC. The van der Waals surface area contributed by atoms with Crippen molar-refractivity contribution in [1.82, 2.24) is 0 Å². The van der Waals surface area contributed by atoms with Gasteiger partial charge in [0.05, 0.1) is 21.3 Å². The van der Waals surface area contributed by atoms with Crippen LogP contribution in [0.25, 0.3) is 0 Å². The Balaban J connectivity index is 2.66. The number of thioether (sulfide) groups is 2. The molecule has 1 rings (SSSR count). The van der Waals surface area contributed by atoms with Gasteiger partial charge in [0.25, 0.3) is 0 Å². The fourth-order valence-corrected chi connectivity index (χ4v) is 6.17. The molecule has 0 saturated heterocycles. The monoisotopic (exact) mass is 284 g/mol. The Bertz CT molecular complexity index is 366. The van der Waals surface area contributed by atoms with Gasteiger partial charge in [-0.25, -0.2) is 0 Å². The van der Waals surface area contributed by atoms with E-state index in [1.165, 1.54) is 23.1 Å². The highest BCUT2D eigenvalue weighted by atomic mass is 32.2. The van der Waals surface area contributed by atoms with Crippen LogP contribution in [0.3, 0.4) is 0 Å². The van der Waals surface area contributed by atoms with Crippen molar-refractivity contribution in [2.45, 2.75) is 8.42 Å². The summed E-state index contributed by atoms with van der Waals surface area (Å²) in [7, 11) is 1.40. The Morgan fingerprint density at radius 3 is 2.71 bits per heavy atom. The third-order valence-corrected chi connectivity index (χ3v) is 6.66. The van der Waals surface area contributed by atoms with E-state index in [2.05, 4.69) is 4.74 Å². The molecule has 1 aromatic heterocycles. The van der Waals surface area contributed by atoms with Crippen LogP contribution in [-0.4, -0.2) is 25.1 Å². The molecule has 0 saturated carbocycles. The number of ether oxygens (including phenoxy) is 1. The van der Waals surface area contributed by atoms with E-state index >= 15 is 0 Å². The highest BCUT2D eigenvalue weighted by Crippen LogP contribution is 2.39. The van der Waals surface area contributed by atoms with Crippen molar-refractivity contribution < 1.29 is 9.53 Å². The molecule has 0 fully saturated rings. The minimum atomic E-state index is -0.202. The van der Waals surface area contributed by atoms with Crippen LogP contribution in [0.5, 0.6) is 0 Å². The number of methoxy groups -OCH3 is 1. The van der Waals surface area contributed by atoms with Crippen molar-refractivity contribution in [3.8, 4) is 0 Å². The molecule has 0 amide bonds. The molecule has 0 aliphatic heterocycles. The van der Waals surface area contributed by atoms with Gasteiger partial charge in [-0.15, -0.1) is 46.2 Å². The Labute approximate surface area is 104 Å². The van der Waals surface area contributed by atoms with Gasteiger partial charge >= 0.3 is 5.97 Å². The maximum Gasteiger partial charge on any atom is 0.316 e. The van der Waals surface area contributed by atoms with E-state index in [4.69, 9.17) is 12.2 Å². The fourth-order valence-electron chi connectivity index (χ4n) is 0.652. The van der Waals surface area contributed by atoms with E-state index in [0.29, 0.717) is 5.75 Å². The normalized spacial score (nSPS) is 10.1. The van der Waals surface area contributed by atoms with Gasteiger partial charge in [-0.1, -0.05) is 12.2 Å². The first-order valence-corrected chi connectivity index (χ1v) is 7.80. The summed E-state index contributed by atoms with van der Waals surface area (Å²) in [5, 5.41) is 0. The molecule has 0 radical (unpaired) electrons. The molecule has 7 heteroatoms. The first-order valence-electron chi connectivity index (χ1n) is 3.55. The molecule has 0 spiro atoms. The summed E-state index contributed by atoms with van der Waals surface area (Å²) in [5.41, 5.74) is 0. The lowest BCUT2D eigenvalue weighted by Gasteiger charge is -1.98. The van der Waals surface area contributed by atoms with Gasteiger partial charge in [-0.2, -0.15) is 0 Å². The molecule has 2 nitrogen and oxygen atoms in total. The zero-order chi connectivity index (χ0) is 10.6. The van der Waals surface area contributed by atoms with Crippen LogP contribution < -0.4 is 0 Å². The predicted molar refractivity (Wildman–Crippen MR) is 67.6 cm³/mol. The molecule has 0 aliphatic carbocycles. The molecular formula is C7H8O2S5. The lowest BCUT2D eigenvalue weighted by molar-refractivity contribution is -0.137. The third kappa shape index (κ3) is 3.54. The van der Waals surface area contributed by atoms with E-state index < -0.39 is 0 Å². The second-order valence-electron chi connectivity index (χ2n) is 2.10. The number of carbonyl (C=O) groups excluding carboxylic acids is 1. The van der Waals surface area contributed by atoms with E-state index in [1.807, 2.05) is 6.26 Å². The molecule has 0 N–H and O–H groups in total.